The molecule has 0 fully saturated rings. The molecule has 0 aliphatic heterocycles. The summed E-state index contributed by atoms with van der Waals surface area (Å²) >= 11 is 5.55. The van der Waals surface area contributed by atoms with Gasteiger partial charge in [-0.2, -0.15) is 0 Å². The summed E-state index contributed by atoms with van der Waals surface area (Å²) in [6.07, 6.45) is 1.03. The number of halogens is 1. The number of hydrogen-bond donors (Lipinski definition) is 1. The summed E-state index contributed by atoms with van der Waals surface area (Å²) < 4.78 is 1.17. The molecule has 0 aromatic heterocycles. The van der Waals surface area contributed by atoms with Crippen molar-refractivity contribution in [3.05, 3.63) is 101 Å². The standard InChI is InChI=1S/C22H22BrNS/c23-21-13-7-8-14-22(21)25-17-20(15-18-9-3-1-4-10-18)24-16-19-11-5-2-6-12-19/h1-14,20,24H,15-17H2/t20-/m0/s1. The van der Waals surface area contributed by atoms with E-state index in [1.165, 1.54) is 20.5 Å². The maximum atomic E-state index is 3.74. The van der Waals surface area contributed by atoms with Gasteiger partial charge in [0.2, 0.25) is 0 Å². The number of thioether (sulfide) groups is 1. The van der Waals surface area contributed by atoms with E-state index in [1.54, 1.807) is 0 Å². The molecule has 3 heteroatoms. The van der Waals surface area contributed by atoms with E-state index >= 15 is 0 Å². The Kier molecular flexibility index (Phi) is 7.16. The molecule has 128 valence electrons. The average molecular weight is 412 g/mol. The molecule has 0 spiro atoms. The maximum absolute atomic E-state index is 3.74. The van der Waals surface area contributed by atoms with Gasteiger partial charge in [-0.15, -0.1) is 11.8 Å². The van der Waals surface area contributed by atoms with Gasteiger partial charge in [0.15, 0.2) is 0 Å². The lowest BCUT2D eigenvalue weighted by Gasteiger charge is -2.19. The molecule has 0 aliphatic carbocycles. The van der Waals surface area contributed by atoms with Crippen LogP contribution in [0.5, 0.6) is 0 Å². The van der Waals surface area contributed by atoms with Crippen molar-refractivity contribution in [3.63, 3.8) is 0 Å². The van der Waals surface area contributed by atoms with Crippen LogP contribution in [0, 0.1) is 0 Å². The van der Waals surface area contributed by atoms with Gasteiger partial charge in [-0.3, -0.25) is 0 Å². The highest BCUT2D eigenvalue weighted by atomic mass is 79.9. The number of benzene rings is 3. The number of nitrogens with one attached hydrogen (secondary N) is 1. The lowest BCUT2D eigenvalue weighted by atomic mass is 10.1. The van der Waals surface area contributed by atoms with E-state index in [9.17, 15) is 0 Å². The van der Waals surface area contributed by atoms with Gasteiger partial charge in [0, 0.05) is 27.7 Å². The first-order valence-corrected chi connectivity index (χ1v) is 10.3. The van der Waals surface area contributed by atoms with Gasteiger partial charge in [-0.1, -0.05) is 72.8 Å². The minimum atomic E-state index is 0.416. The zero-order valence-corrected chi connectivity index (χ0v) is 16.5. The van der Waals surface area contributed by atoms with Crippen molar-refractivity contribution in [2.45, 2.75) is 23.9 Å². The van der Waals surface area contributed by atoms with Crippen LogP contribution >= 0.6 is 27.7 Å². The zero-order chi connectivity index (χ0) is 17.3. The molecule has 3 aromatic carbocycles. The lowest BCUT2D eigenvalue weighted by Crippen LogP contribution is -2.33. The van der Waals surface area contributed by atoms with Gasteiger partial charge >= 0.3 is 0 Å². The minimum absolute atomic E-state index is 0.416. The van der Waals surface area contributed by atoms with Crippen molar-refractivity contribution >= 4 is 27.7 Å². The third-order valence-electron chi connectivity index (χ3n) is 4.04. The third kappa shape index (κ3) is 6.03. The van der Waals surface area contributed by atoms with Crippen LogP contribution in [0.4, 0.5) is 0 Å². The summed E-state index contributed by atoms with van der Waals surface area (Å²) in [6, 6.07) is 30.2. The molecule has 1 nitrogen and oxygen atoms in total. The SMILES string of the molecule is Brc1ccccc1SC[C@H](Cc1ccccc1)NCc1ccccc1. The van der Waals surface area contributed by atoms with E-state index in [1.807, 2.05) is 11.8 Å². The molecule has 1 N–H and O–H groups in total. The molecule has 0 saturated carbocycles. The summed E-state index contributed by atoms with van der Waals surface area (Å²) in [6.45, 7) is 0.898. The molecule has 1 atom stereocenters. The fraction of sp³-hybridized carbons (Fsp3) is 0.182. The molecule has 0 saturated heterocycles. The van der Waals surface area contributed by atoms with Gasteiger partial charge in [-0.25, -0.2) is 0 Å². The zero-order valence-electron chi connectivity index (χ0n) is 14.1. The van der Waals surface area contributed by atoms with Gasteiger partial charge < -0.3 is 5.32 Å². The van der Waals surface area contributed by atoms with Crippen molar-refractivity contribution in [1.82, 2.24) is 5.32 Å². The van der Waals surface area contributed by atoms with Crippen molar-refractivity contribution in [1.29, 1.82) is 0 Å². The lowest BCUT2D eigenvalue weighted by molar-refractivity contribution is 0.552. The van der Waals surface area contributed by atoms with Gasteiger partial charge in [0.05, 0.1) is 0 Å². The molecule has 0 amide bonds. The molecule has 0 radical (unpaired) electrons. The molecule has 3 aromatic rings. The van der Waals surface area contributed by atoms with Crippen LogP contribution < -0.4 is 5.32 Å². The molecular weight excluding hydrogens is 390 g/mol. The normalized spacial score (nSPS) is 12.0. The Balaban J connectivity index is 1.64. The fourth-order valence-corrected chi connectivity index (χ4v) is 4.32. The predicted molar refractivity (Wildman–Crippen MR) is 112 cm³/mol. The van der Waals surface area contributed by atoms with Crippen LogP contribution in [-0.4, -0.2) is 11.8 Å². The second kappa shape index (κ2) is 9.81. The second-order valence-electron chi connectivity index (χ2n) is 5.99. The van der Waals surface area contributed by atoms with Gasteiger partial charge in [-0.05, 0) is 45.6 Å². The van der Waals surface area contributed by atoms with Crippen LogP contribution in [0.3, 0.4) is 0 Å². The van der Waals surface area contributed by atoms with Crippen LogP contribution in [0.1, 0.15) is 11.1 Å². The quantitative estimate of drug-likeness (QED) is 0.460. The summed E-state index contributed by atoms with van der Waals surface area (Å²) in [5.74, 6) is 1.03. The molecule has 3 rings (SSSR count). The van der Waals surface area contributed by atoms with E-state index in [0.717, 1.165) is 18.7 Å². The van der Waals surface area contributed by atoms with Crippen molar-refractivity contribution in [2.75, 3.05) is 5.75 Å². The Morgan fingerprint density at radius 1 is 0.760 bits per heavy atom. The molecule has 0 unspecified atom stereocenters. The van der Waals surface area contributed by atoms with E-state index in [2.05, 4.69) is 106 Å². The van der Waals surface area contributed by atoms with Crippen LogP contribution in [-0.2, 0) is 13.0 Å². The fourth-order valence-electron chi connectivity index (χ4n) is 2.70. The Morgan fingerprint density at radius 3 is 2.04 bits per heavy atom. The number of rotatable bonds is 8. The van der Waals surface area contributed by atoms with E-state index in [4.69, 9.17) is 0 Å². The van der Waals surface area contributed by atoms with Crippen molar-refractivity contribution in [3.8, 4) is 0 Å². The highest BCUT2D eigenvalue weighted by Gasteiger charge is 2.11. The third-order valence-corrected chi connectivity index (χ3v) is 6.23. The first-order valence-electron chi connectivity index (χ1n) is 8.50. The largest absolute Gasteiger partial charge is 0.309 e. The Labute approximate surface area is 163 Å². The first kappa shape index (κ1) is 18.2. The highest BCUT2D eigenvalue weighted by Crippen LogP contribution is 2.28. The smallest absolute Gasteiger partial charge is 0.0311 e. The van der Waals surface area contributed by atoms with E-state index in [0.29, 0.717) is 6.04 Å². The van der Waals surface area contributed by atoms with Crippen molar-refractivity contribution < 1.29 is 0 Å². The summed E-state index contributed by atoms with van der Waals surface area (Å²) in [4.78, 5) is 1.29. The average Bonchev–Trinajstić information content (AvgIpc) is 2.67. The maximum Gasteiger partial charge on any atom is 0.0311 e. The van der Waals surface area contributed by atoms with Crippen molar-refractivity contribution in [2.24, 2.45) is 0 Å². The predicted octanol–water partition coefficient (Wildman–Crippen LogP) is 5.94. The highest BCUT2D eigenvalue weighted by molar-refractivity contribution is 9.10. The van der Waals surface area contributed by atoms with Crippen LogP contribution in [0.25, 0.3) is 0 Å². The topological polar surface area (TPSA) is 12.0 Å². The van der Waals surface area contributed by atoms with E-state index in [-0.39, 0.29) is 0 Å². The molecule has 0 heterocycles. The molecule has 25 heavy (non-hydrogen) atoms. The monoisotopic (exact) mass is 411 g/mol. The van der Waals surface area contributed by atoms with E-state index < -0.39 is 0 Å². The Hall–Kier alpha value is -1.55. The number of hydrogen-bond acceptors (Lipinski definition) is 2. The first-order chi connectivity index (χ1) is 12.3. The summed E-state index contributed by atoms with van der Waals surface area (Å²) in [5.41, 5.74) is 2.70. The molecule has 0 aliphatic rings. The second-order valence-corrected chi connectivity index (χ2v) is 7.91. The summed E-state index contributed by atoms with van der Waals surface area (Å²) in [5, 5.41) is 3.74. The van der Waals surface area contributed by atoms with Gasteiger partial charge in [0.25, 0.3) is 0 Å². The van der Waals surface area contributed by atoms with Crippen LogP contribution in [0.15, 0.2) is 94.3 Å². The molecule has 0 bridgehead atoms. The minimum Gasteiger partial charge on any atom is -0.309 e. The van der Waals surface area contributed by atoms with Crippen LogP contribution in [0.2, 0.25) is 0 Å². The molecular formula is C22H22BrNS. The Bertz CT molecular complexity index is 761. The Morgan fingerprint density at radius 2 is 1.36 bits per heavy atom. The van der Waals surface area contributed by atoms with Gasteiger partial charge in [0.1, 0.15) is 0 Å². The summed E-state index contributed by atoms with van der Waals surface area (Å²) in [7, 11) is 0.